The fourth-order valence-electron chi connectivity index (χ4n) is 2.65. The second-order valence-electron chi connectivity index (χ2n) is 6.00. The maximum absolute atomic E-state index is 13.3. The van der Waals surface area contributed by atoms with Crippen molar-refractivity contribution in [3.63, 3.8) is 0 Å². The second kappa shape index (κ2) is 7.84. The summed E-state index contributed by atoms with van der Waals surface area (Å²) in [6.45, 7) is 1.44. The molecular weight excluding hydrogens is 420 g/mol. The molecule has 0 aliphatic rings. The van der Waals surface area contributed by atoms with Gasteiger partial charge < -0.3 is 14.6 Å². The number of aromatic nitrogens is 2. The van der Waals surface area contributed by atoms with Gasteiger partial charge in [-0.25, -0.2) is 9.78 Å². The van der Waals surface area contributed by atoms with Crippen LogP contribution in [0.4, 0.5) is 32.0 Å². The minimum absolute atomic E-state index is 0.0588. The zero-order valence-corrected chi connectivity index (χ0v) is 15.2. The first-order valence-electron chi connectivity index (χ1n) is 8.45. The molecule has 1 N–H and O–H groups in total. The van der Waals surface area contributed by atoms with E-state index in [1.165, 1.54) is 12.1 Å². The van der Waals surface area contributed by atoms with E-state index < -0.39 is 35.1 Å². The minimum Gasteiger partial charge on any atom is -0.461 e. The van der Waals surface area contributed by atoms with Gasteiger partial charge in [-0.15, -0.1) is 0 Å². The number of ether oxygens (including phenoxy) is 1. The van der Waals surface area contributed by atoms with Gasteiger partial charge in [0.2, 0.25) is 0 Å². The molecule has 3 aromatic rings. The molecule has 0 aliphatic heterocycles. The van der Waals surface area contributed by atoms with Crippen LogP contribution >= 0.6 is 0 Å². The number of benzene rings is 1. The maximum Gasteiger partial charge on any atom is 0.433 e. The Bertz CT molecular complexity index is 1080. The van der Waals surface area contributed by atoms with E-state index in [9.17, 15) is 31.1 Å². The zero-order valence-electron chi connectivity index (χ0n) is 15.2. The van der Waals surface area contributed by atoms with Crippen LogP contribution in [0.1, 0.15) is 34.4 Å². The Balaban J connectivity index is 2.00. The maximum atomic E-state index is 13.3. The summed E-state index contributed by atoms with van der Waals surface area (Å²) in [7, 11) is 0. The Morgan fingerprint density at radius 3 is 2.50 bits per heavy atom. The van der Waals surface area contributed by atoms with E-state index in [2.05, 4.69) is 15.5 Å². The molecule has 0 amide bonds. The molecule has 0 atom stereocenters. The van der Waals surface area contributed by atoms with Gasteiger partial charge in [0, 0.05) is 17.1 Å². The van der Waals surface area contributed by atoms with E-state index in [0.717, 1.165) is 6.07 Å². The second-order valence-corrected chi connectivity index (χ2v) is 6.00. The standard InChI is InChI=1S/C18H13F6N3O3/c1-2-29-16(28)13-6-9(30-27-13)8-25-12-7-14(18(22,23)24)26-15-10(12)4-3-5-11(15)17(19,20)21/h3-7H,2,8H2,1H3,(H,25,26). The summed E-state index contributed by atoms with van der Waals surface area (Å²) < 4.78 is 89.0. The van der Waals surface area contributed by atoms with Crippen LogP contribution in [0.3, 0.4) is 0 Å². The highest BCUT2D eigenvalue weighted by Crippen LogP contribution is 2.39. The van der Waals surface area contributed by atoms with Crippen molar-refractivity contribution >= 4 is 22.6 Å². The van der Waals surface area contributed by atoms with Crippen molar-refractivity contribution in [1.29, 1.82) is 0 Å². The number of para-hydroxylation sites is 1. The molecule has 12 heteroatoms. The summed E-state index contributed by atoms with van der Waals surface area (Å²) in [5.74, 6) is -0.695. The molecule has 2 aromatic heterocycles. The van der Waals surface area contributed by atoms with Crippen molar-refractivity contribution in [2.24, 2.45) is 0 Å². The average molecular weight is 433 g/mol. The summed E-state index contributed by atoms with van der Waals surface area (Å²) >= 11 is 0. The summed E-state index contributed by atoms with van der Waals surface area (Å²) in [5, 5.41) is 5.90. The van der Waals surface area contributed by atoms with Crippen LogP contribution in [0.25, 0.3) is 10.9 Å². The largest absolute Gasteiger partial charge is 0.461 e. The summed E-state index contributed by atoms with van der Waals surface area (Å²) in [6.07, 6.45) is -9.86. The topological polar surface area (TPSA) is 77.2 Å². The van der Waals surface area contributed by atoms with Crippen molar-refractivity contribution < 1.29 is 40.4 Å². The van der Waals surface area contributed by atoms with Crippen LogP contribution in [0.15, 0.2) is 34.9 Å². The third-order valence-electron chi connectivity index (χ3n) is 3.93. The fraction of sp³-hybridized carbons (Fsp3) is 0.278. The number of anilines is 1. The van der Waals surface area contributed by atoms with E-state index in [1.54, 1.807) is 6.92 Å². The molecule has 0 fully saturated rings. The number of hydrogen-bond acceptors (Lipinski definition) is 6. The number of rotatable bonds is 5. The van der Waals surface area contributed by atoms with Crippen molar-refractivity contribution in [2.45, 2.75) is 25.8 Å². The molecule has 3 rings (SSSR count). The van der Waals surface area contributed by atoms with Gasteiger partial charge >= 0.3 is 18.3 Å². The van der Waals surface area contributed by atoms with Crippen molar-refractivity contribution in [1.82, 2.24) is 10.1 Å². The van der Waals surface area contributed by atoms with Gasteiger partial charge in [-0.3, -0.25) is 0 Å². The number of pyridine rings is 1. The molecule has 2 heterocycles. The van der Waals surface area contributed by atoms with Gasteiger partial charge in [0.1, 0.15) is 5.69 Å². The molecule has 6 nitrogen and oxygen atoms in total. The molecule has 0 unspecified atom stereocenters. The van der Waals surface area contributed by atoms with E-state index in [1.807, 2.05) is 0 Å². The van der Waals surface area contributed by atoms with E-state index in [4.69, 9.17) is 9.26 Å². The molecule has 0 aliphatic carbocycles. The number of hydrogen-bond donors (Lipinski definition) is 1. The SMILES string of the molecule is CCOC(=O)c1cc(CNc2cc(C(F)(F)F)nc3c(C(F)(F)F)cccc23)on1. The van der Waals surface area contributed by atoms with Gasteiger partial charge in [0.05, 0.1) is 24.2 Å². The molecule has 0 bridgehead atoms. The first-order chi connectivity index (χ1) is 14.0. The van der Waals surface area contributed by atoms with Crippen LogP contribution in [0, 0.1) is 0 Å². The van der Waals surface area contributed by atoms with E-state index >= 15 is 0 Å². The fourth-order valence-corrected chi connectivity index (χ4v) is 2.65. The van der Waals surface area contributed by atoms with Gasteiger partial charge in [0.15, 0.2) is 11.5 Å². The molecule has 0 saturated carbocycles. The molecule has 0 saturated heterocycles. The Morgan fingerprint density at radius 2 is 1.87 bits per heavy atom. The smallest absolute Gasteiger partial charge is 0.433 e. The van der Waals surface area contributed by atoms with Gasteiger partial charge in [-0.1, -0.05) is 17.3 Å². The Labute approximate surface area is 164 Å². The van der Waals surface area contributed by atoms with Gasteiger partial charge in [0.25, 0.3) is 0 Å². The average Bonchev–Trinajstić information content (AvgIpc) is 3.13. The van der Waals surface area contributed by atoms with Gasteiger partial charge in [-0.05, 0) is 19.1 Å². The normalized spacial score (nSPS) is 12.2. The quantitative estimate of drug-likeness (QED) is 0.448. The zero-order chi connectivity index (χ0) is 22.1. The number of alkyl halides is 6. The number of esters is 1. The van der Waals surface area contributed by atoms with Crippen LogP contribution in [0.5, 0.6) is 0 Å². The predicted molar refractivity (Wildman–Crippen MR) is 91.5 cm³/mol. The number of halogens is 6. The van der Waals surface area contributed by atoms with Crippen molar-refractivity contribution in [3.05, 3.63) is 53.0 Å². The highest BCUT2D eigenvalue weighted by molar-refractivity contribution is 5.94. The van der Waals surface area contributed by atoms with Crippen molar-refractivity contribution in [3.8, 4) is 0 Å². The Hall–Kier alpha value is -3.31. The van der Waals surface area contributed by atoms with E-state index in [-0.39, 0.29) is 35.7 Å². The Kier molecular flexibility index (Phi) is 5.59. The Morgan fingerprint density at radius 1 is 1.13 bits per heavy atom. The molecule has 0 radical (unpaired) electrons. The number of carbonyl (C=O) groups excluding carboxylic acids is 1. The summed E-state index contributed by atoms with van der Waals surface area (Å²) in [4.78, 5) is 14.8. The molecule has 160 valence electrons. The highest BCUT2D eigenvalue weighted by Gasteiger charge is 2.37. The van der Waals surface area contributed by atoms with Crippen LogP contribution in [0.2, 0.25) is 0 Å². The first kappa shape index (κ1) is 21.4. The molecule has 1 aromatic carbocycles. The lowest BCUT2D eigenvalue weighted by atomic mass is 10.1. The summed E-state index contributed by atoms with van der Waals surface area (Å²) in [6, 6.07) is 4.75. The van der Waals surface area contributed by atoms with Crippen LogP contribution in [-0.4, -0.2) is 22.7 Å². The minimum atomic E-state index is -4.97. The molecular formula is C18H13F6N3O3. The van der Waals surface area contributed by atoms with Gasteiger partial charge in [-0.2, -0.15) is 26.3 Å². The summed E-state index contributed by atoms with van der Waals surface area (Å²) in [5.41, 5.74) is -4.01. The lowest BCUT2D eigenvalue weighted by Crippen LogP contribution is -2.13. The number of nitrogens with zero attached hydrogens (tertiary/aromatic N) is 2. The van der Waals surface area contributed by atoms with Crippen molar-refractivity contribution in [2.75, 3.05) is 11.9 Å². The lowest BCUT2D eigenvalue weighted by molar-refractivity contribution is -0.142. The third-order valence-corrected chi connectivity index (χ3v) is 3.93. The third kappa shape index (κ3) is 4.47. The van der Waals surface area contributed by atoms with Crippen LogP contribution < -0.4 is 5.32 Å². The monoisotopic (exact) mass is 433 g/mol. The molecule has 0 spiro atoms. The number of carbonyl (C=O) groups is 1. The number of nitrogens with one attached hydrogen (secondary N) is 1. The predicted octanol–water partition coefficient (Wildman–Crippen LogP) is 5.05. The van der Waals surface area contributed by atoms with E-state index in [0.29, 0.717) is 12.1 Å². The number of fused-ring (bicyclic) bond motifs is 1. The first-order valence-corrected chi connectivity index (χ1v) is 8.45. The molecule has 30 heavy (non-hydrogen) atoms. The lowest BCUT2D eigenvalue weighted by Gasteiger charge is -2.16. The van der Waals surface area contributed by atoms with Crippen LogP contribution in [-0.2, 0) is 23.6 Å². The highest BCUT2D eigenvalue weighted by atomic mass is 19.4.